The number of benzene rings is 1. The Labute approximate surface area is 132 Å². The zero-order chi connectivity index (χ0) is 15.5. The first-order chi connectivity index (χ1) is 10.9. The Balaban J connectivity index is 1.58. The predicted octanol–water partition coefficient (Wildman–Crippen LogP) is 1.97. The summed E-state index contributed by atoms with van der Waals surface area (Å²) in [4.78, 5) is 4.21. The maximum absolute atomic E-state index is 5.63. The van der Waals surface area contributed by atoms with Crippen LogP contribution in [0.2, 0.25) is 0 Å². The van der Waals surface area contributed by atoms with Gasteiger partial charge in [0.1, 0.15) is 12.4 Å². The second-order valence-corrected chi connectivity index (χ2v) is 5.02. The first-order valence-corrected chi connectivity index (χ1v) is 7.76. The fourth-order valence-electron chi connectivity index (χ4n) is 2.21. The Morgan fingerprint density at radius 1 is 1.23 bits per heavy atom. The van der Waals surface area contributed by atoms with E-state index in [2.05, 4.69) is 21.7 Å². The zero-order valence-corrected chi connectivity index (χ0v) is 13.2. The van der Waals surface area contributed by atoms with Crippen molar-refractivity contribution in [3.63, 3.8) is 0 Å². The molecule has 0 unspecified atom stereocenters. The van der Waals surface area contributed by atoms with E-state index in [-0.39, 0.29) is 0 Å². The molecule has 120 valence electrons. The molecule has 0 radical (unpaired) electrons. The van der Waals surface area contributed by atoms with Gasteiger partial charge in [0, 0.05) is 13.6 Å². The predicted molar refractivity (Wildman–Crippen MR) is 89.4 cm³/mol. The van der Waals surface area contributed by atoms with Gasteiger partial charge in [0.25, 0.3) is 0 Å². The number of aliphatic imine (C=N–C) groups is 1. The largest absolute Gasteiger partial charge is 0.492 e. The number of nitrogens with one attached hydrogen (secondary N) is 2. The summed E-state index contributed by atoms with van der Waals surface area (Å²) in [5, 5.41) is 6.56. The molecule has 1 heterocycles. The third kappa shape index (κ3) is 6.18. The van der Waals surface area contributed by atoms with Crippen molar-refractivity contribution in [2.75, 3.05) is 40.0 Å². The second-order valence-electron chi connectivity index (χ2n) is 5.02. The van der Waals surface area contributed by atoms with E-state index >= 15 is 0 Å². The minimum Gasteiger partial charge on any atom is -0.492 e. The Bertz CT molecular complexity index is 486. The minimum atomic E-state index is 0.604. The van der Waals surface area contributed by atoms with E-state index in [0.717, 1.165) is 44.3 Å². The van der Waals surface area contributed by atoms with Gasteiger partial charge in [0.15, 0.2) is 5.96 Å². The van der Waals surface area contributed by atoms with Gasteiger partial charge in [0.05, 0.1) is 19.8 Å². The van der Waals surface area contributed by atoms with Crippen LogP contribution < -0.4 is 15.4 Å². The van der Waals surface area contributed by atoms with Crippen molar-refractivity contribution in [1.82, 2.24) is 10.6 Å². The van der Waals surface area contributed by atoms with Gasteiger partial charge < -0.3 is 20.1 Å². The first-order valence-electron chi connectivity index (χ1n) is 7.76. The average molecular weight is 303 g/mol. The summed E-state index contributed by atoms with van der Waals surface area (Å²) in [7, 11) is 1.78. The molecule has 0 saturated heterocycles. The number of nitrogens with zero attached hydrogens (tertiary/aromatic N) is 1. The minimum absolute atomic E-state index is 0.604. The molecule has 0 spiro atoms. The van der Waals surface area contributed by atoms with E-state index in [1.165, 1.54) is 5.57 Å². The smallest absolute Gasteiger partial charge is 0.191 e. The molecule has 5 nitrogen and oxygen atoms in total. The van der Waals surface area contributed by atoms with Gasteiger partial charge >= 0.3 is 0 Å². The number of para-hydroxylation sites is 1. The Hall–Kier alpha value is -2.01. The van der Waals surface area contributed by atoms with Crippen molar-refractivity contribution >= 4 is 5.96 Å². The summed E-state index contributed by atoms with van der Waals surface area (Å²) < 4.78 is 10.9. The quantitative estimate of drug-likeness (QED) is 0.350. The molecule has 2 rings (SSSR count). The molecule has 0 fully saturated rings. The number of ether oxygens (including phenoxy) is 2. The fourth-order valence-corrected chi connectivity index (χ4v) is 2.21. The van der Waals surface area contributed by atoms with Gasteiger partial charge in [-0.2, -0.15) is 0 Å². The van der Waals surface area contributed by atoms with Gasteiger partial charge in [0.2, 0.25) is 0 Å². The highest BCUT2D eigenvalue weighted by atomic mass is 16.5. The summed E-state index contributed by atoms with van der Waals surface area (Å²) in [5.41, 5.74) is 1.46. The molecule has 5 heteroatoms. The zero-order valence-electron chi connectivity index (χ0n) is 13.2. The molecule has 1 aromatic rings. The lowest BCUT2D eigenvalue weighted by atomic mass is 10.1. The van der Waals surface area contributed by atoms with Crippen molar-refractivity contribution < 1.29 is 9.47 Å². The molecule has 0 bridgehead atoms. The van der Waals surface area contributed by atoms with Crippen LogP contribution in [0.15, 0.2) is 47.0 Å². The molecule has 1 aromatic carbocycles. The van der Waals surface area contributed by atoms with Crippen LogP contribution in [0.5, 0.6) is 5.75 Å². The highest BCUT2D eigenvalue weighted by Gasteiger charge is 2.04. The van der Waals surface area contributed by atoms with Gasteiger partial charge in [-0.25, -0.2) is 0 Å². The van der Waals surface area contributed by atoms with Gasteiger partial charge in [-0.15, -0.1) is 0 Å². The summed E-state index contributed by atoms with van der Waals surface area (Å²) in [5.74, 6) is 1.70. The highest BCUT2D eigenvalue weighted by Crippen LogP contribution is 2.10. The molecule has 0 saturated carbocycles. The molecular weight excluding hydrogens is 278 g/mol. The number of hydrogen-bond donors (Lipinski definition) is 2. The van der Waals surface area contributed by atoms with Crippen LogP contribution in [0.1, 0.15) is 12.8 Å². The van der Waals surface area contributed by atoms with Crippen molar-refractivity contribution in [2.24, 2.45) is 4.99 Å². The van der Waals surface area contributed by atoms with Crippen molar-refractivity contribution in [2.45, 2.75) is 12.8 Å². The lowest BCUT2D eigenvalue weighted by Crippen LogP contribution is -2.39. The van der Waals surface area contributed by atoms with Gasteiger partial charge in [-0.1, -0.05) is 29.8 Å². The molecular formula is C17H25N3O2. The summed E-state index contributed by atoms with van der Waals surface area (Å²) in [6.45, 7) is 3.79. The third-order valence-corrected chi connectivity index (χ3v) is 3.43. The monoisotopic (exact) mass is 303 g/mol. The van der Waals surface area contributed by atoms with Crippen LogP contribution in [0.25, 0.3) is 0 Å². The van der Waals surface area contributed by atoms with Crippen molar-refractivity contribution in [3.8, 4) is 5.75 Å². The number of hydrogen-bond acceptors (Lipinski definition) is 3. The number of guanidine groups is 1. The molecule has 22 heavy (non-hydrogen) atoms. The Morgan fingerprint density at radius 2 is 2.05 bits per heavy atom. The second kappa shape index (κ2) is 9.84. The Kier molecular flexibility index (Phi) is 7.32. The average Bonchev–Trinajstić information content (AvgIpc) is 2.59. The lowest BCUT2D eigenvalue weighted by Gasteiger charge is -2.15. The van der Waals surface area contributed by atoms with E-state index in [4.69, 9.17) is 9.47 Å². The van der Waals surface area contributed by atoms with Gasteiger partial charge in [-0.05, 0) is 25.0 Å². The first kappa shape index (κ1) is 16.4. The maximum atomic E-state index is 5.63. The SMILES string of the molecule is CN=C(NCCOc1ccccc1)NCCC1=CCOCC1. The molecule has 1 aliphatic heterocycles. The van der Waals surface area contributed by atoms with E-state index in [1.54, 1.807) is 7.05 Å². The highest BCUT2D eigenvalue weighted by molar-refractivity contribution is 5.79. The molecule has 0 aromatic heterocycles. The van der Waals surface area contributed by atoms with Crippen LogP contribution in [0.4, 0.5) is 0 Å². The molecule has 1 aliphatic rings. The summed E-state index contributed by atoms with van der Waals surface area (Å²) in [6, 6.07) is 9.82. The van der Waals surface area contributed by atoms with Crippen LogP contribution in [0, 0.1) is 0 Å². The standard InChI is InChI=1S/C17H25N3O2/c1-18-17(19-10-7-15-8-12-21-13-9-15)20-11-14-22-16-5-3-2-4-6-16/h2-6,8H,7,9-14H2,1H3,(H2,18,19,20). The molecule has 2 N–H and O–H groups in total. The Morgan fingerprint density at radius 3 is 2.77 bits per heavy atom. The van der Waals surface area contributed by atoms with E-state index in [9.17, 15) is 0 Å². The molecule has 0 aliphatic carbocycles. The lowest BCUT2D eigenvalue weighted by molar-refractivity contribution is 0.153. The van der Waals surface area contributed by atoms with Crippen molar-refractivity contribution in [1.29, 1.82) is 0 Å². The van der Waals surface area contributed by atoms with Crippen LogP contribution >= 0.6 is 0 Å². The number of rotatable bonds is 7. The topological polar surface area (TPSA) is 54.9 Å². The molecule has 0 atom stereocenters. The van der Waals surface area contributed by atoms with Crippen LogP contribution in [-0.4, -0.2) is 45.9 Å². The third-order valence-electron chi connectivity index (χ3n) is 3.43. The van der Waals surface area contributed by atoms with Crippen LogP contribution in [0.3, 0.4) is 0 Å². The van der Waals surface area contributed by atoms with E-state index < -0.39 is 0 Å². The molecule has 0 amide bonds. The summed E-state index contributed by atoms with van der Waals surface area (Å²) in [6.07, 6.45) is 4.25. The summed E-state index contributed by atoms with van der Waals surface area (Å²) >= 11 is 0. The van der Waals surface area contributed by atoms with E-state index in [1.807, 2.05) is 30.3 Å². The van der Waals surface area contributed by atoms with Gasteiger partial charge in [-0.3, -0.25) is 4.99 Å². The van der Waals surface area contributed by atoms with E-state index in [0.29, 0.717) is 13.2 Å². The van der Waals surface area contributed by atoms with Crippen LogP contribution in [-0.2, 0) is 4.74 Å². The fraction of sp³-hybridized carbons (Fsp3) is 0.471. The normalized spacial score (nSPS) is 15.1. The maximum Gasteiger partial charge on any atom is 0.191 e. The van der Waals surface area contributed by atoms with Crippen molar-refractivity contribution in [3.05, 3.63) is 42.0 Å².